The first-order valence-electron chi connectivity index (χ1n) is 5.29. The van der Waals surface area contributed by atoms with Gasteiger partial charge in [-0.3, -0.25) is 4.79 Å². The third kappa shape index (κ3) is 3.42. The monoisotopic (exact) mass is 214 g/mol. The third-order valence-corrected chi connectivity index (χ3v) is 2.54. The number of hydrogen-bond acceptors (Lipinski definition) is 2. The maximum atomic E-state index is 11.6. The molecule has 0 bridgehead atoms. The van der Waals surface area contributed by atoms with E-state index in [0.717, 1.165) is 0 Å². The van der Waals surface area contributed by atoms with E-state index in [1.165, 1.54) is 0 Å². The molecule has 0 spiro atoms. The van der Waals surface area contributed by atoms with Crippen LogP contribution >= 0.6 is 0 Å². The highest BCUT2D eigenvalue weighted by Gasteiger charge is 2.26. The van der Waals surface area contributed by atoms with Gasteiger partial charge >= 0.3 is 12.0 Å². The average Bonchev–Trinajstić information content (AvgIpc) is 2.17. The Labute approximate surface area is 89.4 Å². The minimum Gasteiger partial charge on any atom is -0.481 e. The molecule has 1 fully saturated rings. The Morgan fingerprint density at radius 1 is 1.33 bits per heavy atom. The second-order valence-electron chi connectivity index (χ2n) is 4.20. The maximum absolute atomic E-state index is 11.6. The first-order valence-corrected chi connectivity index (χ1v) is 5.29. The molecule has 1 rings (SSSR count). The smallest absolute Gasteiger partial charge is 0.317 e. The van der Waals surface area contributed by atoms with E-state index in [4.69, 9.17) is 5.11 Å². The van der Waals surface area contributed by atoms with Crippen molar-refractivity contribution >= 4 is 12.0 Å². The second-order valence-corrected chi connectivity index (χ2v) is 4.20. The van der Waals surface area contributed by atoms with Gasteiger partial charge in [-0.05, 0) is 26.7 Å². The quantitative estimate of drug-likeness (QED) is 0.717. The van der Waals surface area contributed by atoms with Crippen LogP contribution in [0.25, 0.3) is 0 Å². The number of carbonyl (C=O) groups is 2. The standard InChI is InChI=1S/C10H18N2O3/c1-7(2)11-10(15)12-5-3-8(4-6-12)9(13)14/h7-8H,3-6H2,1-2H3,(H,11,15)(H,13,14). The van der Waals surface area contributed by atoms with Crippen LogP contribution in [0.2, 0.25) is 0 Å². The lowest BCUT2D eigenvalue weighted by Gasteiger charge is -2.30. The van der Waals surface area contributed by atoms with Gasteiger partial charge in [0.1, 0.15) is 0 Å². The van der Waals surface area contributed by atoms with Crippen molar-refractivity contribution in [2.24, 2.45) is 5.92 Å². The minimum absolute atomic E-state index is 0.0890. The molecule has 0 saturated carbocycles. The molecule has 1 aliphatic rings. The van der Waals surface area contributed by atoms with Crippen LogP contribution in [0.5, 0.6) is 0 Å². The van der Waals surface area contributed by atoms with E-state index >= 15 is 0 Å². The van der Waals surface area contributed by atoms with Crippen molar-refractivity contribution < 1.29 is 14.7 Å². The molecule has 0 aromatic heterocycles. The van der Waals surface area contributed by atoms with E-state index in [2.05, 4.69) is 5.32 Å². The van der Waals surface area contributed by atoms with E-state index in [0.29, 0.717) is 25.9 Å². The maximum Gasteiger partial charge on any atom is 0.317 e. The Balaban J connectivity index is 2.37. The summed E-state index contributed by atoms with van der Waals surface area (Å²) >= 11 is 0. The molecule has 0 radical (unpaired) electrons. The fourth-order valence-corrected chi connectivity index (χ4v) is 1.67. The fourth-order valence-electron chi connectivity index (χ4n) is 1.67. The molecule has 5 nitrogen and oxygen atoms in total. The van der Waals surface area contributed by atoms with E-state index in [1.54, 1.807) is 4.90 Å². The second kappa shape index (κ2) is 5.00. The lowest BCUT2D eigenvalue weighted by Crippen LogP contribution is -2.47. The highest BCUT2D eigenvalue weighted by Crippen LogP contribution is 2.17. The van der Waals surface area contributed by atoms with Gasteiger partial charge in [-0.2, -0.15) is 0 Å². The van der Waals surface area contributed by atoms with Gasteiger partial charge in [-0.25, -0.2) is 4.79 Å². The summed E-state index contributed by atoms with van der Waals surface area (Å²) in [6, 6.07) is 0.0311. The number of amides is 2. The molecule has 15 heavy (non-hydrogen) atoms. The van der Waals surface area contributed by atoms with Crippen LogP contribution in [-0.4, -0.2) is 41.1 Å². The Morgan fingerprint density at radius 2 is 1.87 bits per heavy atom. The summed E-state index contributed by atoms with van der Waals surface area (Å²) in [7, 11) is 0. The predicted molar refractivity (Wildman–Crippen MR) is 55.6 cm³/mol. The van der Waals surface area contributed by atoms with Gasteiger partial charge in [0.05, 0.1) is 5.92 Å². The van der Waals surface area contributed by atoms with Crippen molar-refractivity contribution in [2.45, 2.75) is 32.7 Å². The number of nitrogens with one attached hydrogen (secondary N) is 1. The van der Waals surface area contributed by atoms with Crippen LogP contribution in [0.3, 0.4) is 0 Å². The molecule has 2 N–H and O–H groups in total. The van der Waals surface area contributed by atoms with E-state index in [1.807, 2.05) is 13.8 Å². The molecule has 86 valence electrons. The molecule has 1 aliphatic heterocycles. The van der Waals surface area contributed by atoms with Gasteiger partial charge in [0.2, 0.25) is 0 Å². The summed E-state index contributed by atoms with van der Waals surface area (Å²) in [6.07, 6.45) is 1.11. The average molecular weight is 214 g/mol. The number of carbonyl (C=O) groups excluding carboxylic acids is 1. The summed E-state index contributed by atoms with van der Waals surface area (Å²) in [5.41, 5.74) is 0. The van der Waals surface area contributed by atoms with Crippen LogP contribution in [0.4, 0.5) is 4.79 Å². The number of rotatable bonds is 2. The highest BCUT2D eigenvalue weighted by atomic mass is 16.4. The van der Waals surface area contributed by atoms with Crippen molar-refractivity contribution in [3.63, 3.8) is 0 Å². The number of urea groups is 1. The van der Waals surface area contributed by atoms with Crippen LogP contribution in [0.15, 0.2) is 0 Å². The largest absolute Gasteiger partial charge is 0.481 e. The number of carboxylic acids is 1. The summed E-state index contributed by atoms with van der Waals surface area (Å²) in [4.78, 5) is 23.9. The number of carboxylic acid groups (broad SMARTS) is 1. The van der Waals surface area contributed by atoms with Crippen molar-refractivity contribution in [2.75, 3.05) is 13.1 Å². The number of nitrogens with zero attached hydrogens (tertiary/aromatic N) is 1. The van der Waals surface area contributed by atoms with Gasteiger partial charge in [-0.15, -0.1) is 0 Å². The van der Waals surface area contributed by atoms with Crippen molar-refractivity contribution in [1.82, 2.24) is 10.2 Å². The summed E-state index contributed by atoms with van der Waals surface area (Å²) in [5, 5.41) is 11.6. The van der Waals surface area contributed by atoms with Crippen LogP contribution in [0.1, 0.15) is 26.7 Å². The predicted octanol–water partition coefficient (Wildman–Crippen LogP) is 0.901. The van der Waals surface area contributed by atoms with Crippen molar-refractivity contribution in [1.29, 1.82) is 0 Å². The Kier molecular flexibility index (Phi) is 3.94. The first kappa shape index (κ1) is 11.8. The van der Waals surface area contributed by atoms with E-state index in [9.17, 15) is 9.59 Å². The molecule has 0 atom stereocenters. The van der Waals surface area contributed by atoms with Crippen molar-refractivity contribution in [3.05, 3.63) is 0 Å². The molecular formula is C10H18N2O3. The van der Waals surface area contributed by atoms with Gasteiger partial charge in [0, 0.05) is 19.1 Å². The third-order valence-electron chi connectivity index (χ3n) is 2.54. The lowest BCUT2D eigenvalue weighted by atomic mass is 9.97. The van der Waals surface area contributed by atoms with Crippen molar-refractivity contribution in [3.8, 4) is 0 Å². The molecule has 0 aromatic carbocycles. The van der Waals surface area contributed by atoms with Gasteiger partial charge < -0.3 is 15.3 Å². The number of piperidine rings is 1. The van der Waals surface area contributed by atoms with E-state index in [-0.39, 0.29) is 18.0 Å². The molecule has 0 unspecified atom stereocenters. The van der Waals surface area contributed by atoms with Gasteiger partial charge in [0.25, 0.3) is 0 Å². The molecule has 0 aromatic rings. The Morgan fingerprint density at radius 3 is 2.27 bits per heavy atom. The molecule has 1 saturated heterocycles. The van der Waals surface area contributed by atoms with Crippen LogP contribution in [0, 0.1) is 5.92 Å². The van der Waals surface area contributed by atoms with Gasteiger partial charge in [0.15, 0.2) is 0 Å². The highest BCUT2D eigenvalue weighted by molar-refractivity contribution is 5.75. The number of aliphatic carboxylic acids is 1. The zero-order chi connectivity index (χ0) is 11.4. The SMILES string of the molecule is CC(C)NC(=O)N1CCC(C(=O)O)CC1. The van der Waals surface area contributed by atoms with Crippen LogP contribution in [-0.2, 0) is 4.79 Å². The van der Waals surface area contributed by atoms with Crippen LogP contribution < -0.4 is 5.32 Å². The zero-order valence-corrected chi connectivity index (χ0v) is 9.19. The van der Waals surface area contributed by atoms with Gasteiger partial charge in [-0.1, -0.05) is 0 Å². The zero-order valence-electron chi connectivity index (χ0n) is 9.19. The number of hydrogen-bond donors (Lipinski definition) is 2. The molecule has 2 amide bonds. The Bertz CT molecular complexity index is 245. The molecule has 5 heteroatoms. The lowest BCUT2D eigenvalue weighted by molar-refractivity contribution is -0.143. The van der Waals surface area contributed by atoms with E-state index < -0.39 is 5.97 Å². The minimum atomic E-state index is -0.751. The topological polar surface area (TPSA) is 69.6 Å². The molecular weight excluding hydrogens is 196 g/mol. The molecule has 0 aliphatic carbocycles. The summed E-state index contributed by atoms with van der Waals surface area (Å²) in [6.45, 7) is 4.88. The normalized spacial score (nSPS) is 17.9. The first-order chi connectivity index (χ1) is 7.00. The molecule has 1 heterocycles. The number of likely N-dealkylation sites (tertiary alicyclic amines) is 1. The summed E-state index contributed by atoms with van der Waals surface area (Å²) < 4.78 is 0. The Hall–Kier alpha value is -1.26. The summed E-state index contributed by atoms with van der Waals surface area (Å²) in [5.74, 6) is -1.04. The fraction of sp³-hybridized carbons (Fsp3) is 0.800.